The van der Waals surface area contributed by atoms with E-state index in [9.17, 15) is 22.8 Å². The number of thiazole rings is 1. The summed E-state index contributed by atoms with van der Waals surface area (Å²) in [5.74, 6) is 4.45. The van der Waals surface area contributed by atoms with Gasteiger partial charge in [0.25, 0.3) is 0 Å². The van der Waals surface area contributed by atoms with E-state index >= 15 is 0 Å². The number of para-hydroxylation sites is 1. The van der Waals surface area contributed by atoms with Gasteiger partial charge in [0.1, 0.15) is 6.04 Å². The quantitative estimate of drug-likeness (QED) is 0.345. The zero-order valence-electron chi connectivity index (χ0n) is 20.1. The Balaban J connectivity index is 0.000000505. The molecule has 2 aliphatic rings. The van der Waals surface area contributed by atoms with Gasteiger partial charge < -0.3 is 15.3 Å². The van der Waals surface area contributed by atoms with Gasteiger partial charge in [0, 0.05) is 24.9 Å². The molecule has 11 nitrogen and oxygen atoms in total. The van der Waals surface area contributed by atoms with E-state index in [4.69, 9.17) is 21.0 Å². The van der Waals surface area contributed by atoms with Gasteiger partial charge in [0.05, 0.1) is 35.3 Å². The van der Waals surface area contributed by atoms with E-state index < -0.39 is 12.1 Å². The van der Waals surface area contributed by atoms with Gasteiger partial charge in [-0.2, -0.15) is 18.4 Å². The molecule has 0 unspecified atom stereocenters. The van der Waals surface area contributed by atoms with Crippen LogP contribution in [0.25, 0.3) is 10.2 Å². The first-order valence-corrected chi connectivity index (χ1v) is 13.4. The van der Waals surface area contributed by atoms with Gasteiger partial charge in [-0.15, -0.1) is 11.8 Å². The highest BCUT2D eigenvalue weighted by atomic mass is 32.2. The molecule has 1 aromatic heterocycles. The van der Waals surface area contributed by atoms with Crippen LogP contribution < -0.4 is 11.2 Å². The van der Waals surface area contributed by atoms with Crippen LogP contribution in [0.15, 0.2) is 24.3 Å². The van der Waals surface area contributed by atoms with Crippen molar-refractivity contribution >= 4 is 56.2 Å². The number of alkyl halides is 3. The molecule has 2 aliphatic heterocycles. The van der Waals surface area contributed by atoms with Crippen LogP contribution in [0.3, 0.4) is 0 Å². The Morgan fingerprint density at radius 3 is 2.53 bits per heavy atom. The molecule has 0 radical (unpaired) electrons. The van der Waals surface area contributed by atoms with Crippen LogP contribution in [0.4, 0.5) is 18.3 Å². The summed E-state index contributed by atoms with van der Waals surface area (Å²) < 4.78 is 32.8. The maximum Gasteiger partial charge on any atom is 0.490 e. The number of anilines is 1. The van der Waals surface area contributed by atoms with Crippen molar-refractivity contribution in [3.8, 4) is 6.07 Å². The number of amides is 2. The molecule has 0 spiro atoms. The van der Waals surface area contributed by atoms with Crippen LogP contribution >= 0.6 is 23.1 Å². The summed E-state index contributed by atoms with van der Waals surface area (Å²) in [6.07, 6.45) is -3.51. The molecule has 2 amide bonds. The van der Waals surface area contributed by atoms with Crippen molar-refractivity contribution in [3.63, 3.8) is 0 Å². The number of aliphatic carboxylic acids is 1. The van der Waals surface area contributed by atoms with Crippen LogP contribution in [0.1, 0.15) is 12.8 Å². The molecule has 1 atom stereocenters. The number of carboxylic acids is 1. The summed E-state index contributed by atoms with van der Waals surface area (Å²) in [7, 11) is 0. The van der Waals surface area contributed by atoms with Gasteiger partial charge >= 0.3 is 12.1 Å². The number of hydrogen-bond acceptors (Lipinski definition) is 10. The summed E-state index contributed by atoms with van der Waals surface area (Å²) in [5, 5.41) is 21.4. The first-order valence-electron chi connectivity index (χ1n) is 11.4. The third-order valence-electron chi connectivity index (χ3n) is 5.85. The third kappa shape index (κ3) is 8.27. The lowest BCUT2D eigenvalue weighted by Crippen LogP contribution is -2.53. The predicted molar refractivity (Wildman–Crippen MR) is 136 cm³/mol. The van der Waals surface area contributed by atoms with Crippen LogP contribution in [0.5, 0.6) is 0 Å². The van der Waals surface area contributed by atoms with E-state index in [-0.39, 0.29) is 30.4 Å². The molecule has 206 valence electrons. The zero-order valence-corrected chi connectivity index (χ0v) is 21.7. The van der Waals surface area contributed by atoms with E-state index in [1.165, 1.54) is 11.3 Å². The molecule has 16 heteroatoms. The van der Waals surface area contributed by atoms with E-state index in [1.807, 2.05) is 24.3 Å². The molecule has 0 saturated carbocycles. The zero-order chi connectivity index (χ0) is 27.9. The number of carbonyl (C=O) groups excluding carboxylic acids is 2. The number of thioether (sulfide) groups is 1. The number of rotatable bonds is 6. The van der Waals surface area contributed by atoms with Crippen molar-refractivity contribution in [2.24, 2.45) is 5.84 Å². The van der Waals surface area contributed by atoms with E-state index in [1.54, 1.807) is 21.7 Å². The Morgan fingerprint density at radius 1 is 1.26 bits per heavy atom. The van der Waals surface area contributed by atoms with E-state index in [2.05, 4.69) is 21.3 Å². The fraction of sp³-hybridized carbons (Fsp3) is 0.500. The Morgan fingerprint density at radius 2 is 1.92 bits per heavy atom. The molecule has 0 aliphatic carbocycles. The van der Waals surface area contributed by atoms with Crippen molar-refractivity contribution in [2.75, 3.05) is 43.1 Å². The number of piperidine rings is 1. The van der Waals surface area contributed by atoms with Crippen LogP contribution in [0, 0.1) is 11.3 Å². The van der Waals surface area contributed by atoms with Crippen molar-refractivity contribution in [3.05, 3.63) is 24.3 Å². The topological polar surface area (TPSA) is 156 Å². The summed E-state index contributed by atoms with van der Waals surface area (Å²) in [5.41, 5.74) is 0.884. The molecule has 2 fully saturated rings. The maximum absolute atomic E-state index is 12.5. The molecule has 0 bridgehead atoms. The number of nitrogens with zero attached hydrogens (tertiary/aromatic N) is 5. The fourth-order valence-corrected chi connectivity index (χ4v) is 5.85. The molecule has 1 aromatic carbocycles. The largest absolute Gasteiger partial charge is 0.490 e. The predicted octanol–water partition coefficient (Wildman–Crippen LogP) is 1.93. The molecule has 2 aromatic rings. The average molecular weight is 574 g/mol. The third-order valence-corrected chi connectivity index (χ3v) is 7.81. The van der Waals surface area contributed by atoms with Crippen LogP contribution in [0.2, 0.25) is 0 Å². The number of aromatic nitrogens is 1. The number of likely N-dealkylation sites (tertiary alicyclic amines) is 1. The number of carboxylic acid groups (broad SMARTS) is 1. The smallest absolute Gasteiger partial charge is 0.475 e. The van der Waals surface area contributed by atoms with Gasteiger partial charge in [-0.05, 0) is 25.0 Å². The van der Waals surface area contributed by atoms with Gasteiger partial charge in [-0.3, -0.25) is 20.3 Å². The lowest BCUT2D eigenvalue weighted by Gasteiger charge is -2.36. The van der Waals surface area contributed by atoms with Gasteiger partial charge in [-0.1, -0.05) is 23.5 Å². The summed E-state index contributed by atoms with van der Waals surface area (Å²) in [6.45, 7) is 1.89. The summed E-state index contributed by atoms with van der Waals surface area (Å²) in [4.78, 5) is 41.9. The summed E-state index contributed by atoms with van der Waals surface area (Å²) >= 11 is 3.06. The highest BCUT2D eigenvalue weighted by molar-refractivity contribution is 7.99. The molecule has 2 saturated heterocycles. The Bertz CT molecular complexity index is 1150. The SMILES string of the molecule is N#C[C@@H]1CSCN1C(=O)CN(N)C1CCN(CC(=O)Nc2nc3ccccc3s2)CC1.O=C(O)C(F)(F)F. The normalized spacial score (nSPS) is 18.6. The minimum Gasteiger partial charge on any atom is -0.475 e. The van der Waals surface area contributed by atoms with Crippen molar-refractivity contribution in [1.29, 1.82) is 5.26 Å². The Labute approximate surface area is 224 Å². The Kier molecular flexibility index (Phi) is 10.3. The average Bonchev–Trinajstić information content (AvgIpc) is 3.50. The molecule has 4 N–H and O–H groups in total. The summed E-state index contributed by atoms with van der Waals surface area (Å²) in [6, 6.07) is 9.70. The minimum absolute atomic E-state index is 0.0774. The number of carbonyl (C=O) groups is 3. The van der Waals surface area contributed by atoms with Crippen molar-refractivity contribution < 1.29 is 32.7 Å². The fourth-order valence-electron chi connectivity index (χ4n) is 3.87. The second-order valence-corrected chi connectivity index (χ2v) is 10.6. The van der Waals surface area contributed by atoms with E-state index in [0.717, 1.165) is 36.1 Å². The highest BCUT2D eigenvalue weighted by Crippen LogP contribution is 2.25. The molecule has 4 rings (SSSR count). The number of hydrazine groups is 1. The number of nitriles is 1. The molecular weight excluding hydrogens is 547 g/mol. The molecule has 3 heterocycles. The molecule has 38 heavy (non-hydrogen) atoms. The second kappa shape index (κ2) is 13.2. The second-order valence-electron chi connectivity index (χ2n) is 8.53. The lowest BCUT2D eigenvalue weighted by molar-refractivity contribution is -0.192. The standard InChI is InChI=1S/C20H25N7O2S2.C2HF3O2/c21-9-15-12-30-13-26(15)19(29)11-27(22)14-5-7-25(8-6-14)10-18(28)24-20-23-16-3-1-2-4-17(16)31-20;3-2(4,5)1(6)7/h1-4,14-15H,5-8,10-13,22H2,(H,23,24,28);(H,6,7)/t15-;/m1./s1. The number of benzene rings is 1. The van der Waals surface area contributed by atoms with Gasteiger partial charge in [0.2, 0.25) is 11.8 Å². The van der Waals surface area contributed by atoms with Gasteiger partial charge in [0.15, 0.2) is 5.13 Å². The highest BCUT2D eigenvalue weighted by Gasteiger charge is 2.38. The first kappa shape index (κ1) is 29.6. The van der Waals surface area contributed by atoms with Crippen LogP contribution in [-0.2, 0) is 14.4 Å². The molecular formula is C22H26F3N7O4S2. The number of halogens is 3. The number of hydrogen-bond donors (Lipinski definition) is 3. The van der Waals surface area contributed by atoms with Crippen LogP contribution in [-0.4, -0.2) is 98.8 Å². The first-order chi connectivity index (χ1) is 18.0. The number of nitrogens with one attached hydrogen (secondary N) is 1. The number of fused-ring (bicyclic) bond motifs is 1. The lowest BCUT2D eigenvalue weighted by atomic mass is 10.0. The Hall–Kier alpha value is -2.97. The van der Waals surface area contributed by atoms with Crippen molar-refractivity contribution in [1.82, 2.24) is 19.8 Å². The monoisotopic (exact) mass is 573 g/mol. The van der Waals surface area contributed by atoms with Gasteiger partial charge in [-0.25, -0.2) is 14.8 Å². The minimum atomic E-state index is -5.08. The van der Waals surface area contributed by atoms with E-state index in [0.29, 0.717) is 23.3 Å². The van der Waals surface area contributed by atoms with Crippen molar-refractivity contribution in [2.45, 2.75) is 31.1 Å². The maximum atomic E-state index is 12.5. The number of nitrogens with two attached hydrogens (primary N) is 1.